The maximum Gasteiger partial charge on any atom is 0.197 e. The smallest absolute Gasteiger partial charge is 0.197 e. The summed E-state index contributed by atoms with van der Waals surface area (Å²) in [5, 5.41) is 8.61. The van der Waals surface area contributed by atoms with Gasteiger partial charge in [0.1, 0.15) is 18.2 Å². The highest BCUT2D eigenvalue weighted by Gasteiger charge is 2.33. The third-order valence-corrected chi connectivity index (χ3v) is 6.46. The number of unbranched alkanes of at least 4 members (excludes halogenated alkanes) is 1. The molecular weight excluding hydrogens is 449 g/mol. The highest BCUT2D eigenvalue weighted by atomic mass is 19.1. The Labute approximate surface area is 206 Å². The van der Waals surface area contributed by atoms with Gasteiger partial charge in [-0.25, -0.2) is 4.39 Å². The molecule has 0 amide bonds. The molecule has 0 radical (unpaired) electrons. The van der Waals surface area contributed by atoms with Crippen LogP contribution in [0.2, 0.25) is 0 Å². The molecule has 0 saturated carbocycles. The van der Waals surface area contributed by atoms with E-state index in [4.69, 9.17) is 19.6 Å². The number of Topliss-reactive ketones (excluding diaryl/α,β-unsaturated/α-hetero) is 1. The Morgan fingerprint density at radius 1 is 1.17 bits per heavy atom. The molecule has 2 aromatic rings. The van der Waals surface area contributed by atoms with Crippen molar-refractivity contribution in [3.05, 3.63) is 46.3 Å². The Kier molecular flexibility index (Phi) is 7.48. The number of benzene rings is 2. The van der Waals surface area contributed by atoms with Gasteiger partial charge in [0.25, 0.3) is 0 Å². The second-order valence-corrected chi connectivity index (χ2v) is 8.90. The Hall–Kier alpha value is -3.29. The Bertz CT molecular complexity index is 1130. The van der Waals surface area contributed by atoms with Crippen molar-refractivity contribution in [2.45, 2.75) is 46.6 Å². The normalized spacial score (nSPS) is 14.5. The molecule has 0 atom stereocenters. The Morgan fingerprint density at radius 3 is 2.66 bits per heavy atom. The fourth-order valence-corrected chi connectivity index (χ4v) is 4.66. The second kappa shape index (κ2) is 10.5. The first-order valence-electron chi connectivity index (χ1n) is 12.4. The van der Waals surface area contributed by atoms with Crippen LogP contribution in [0, 0.1) is 11.2 Å². The molecule has 2 aliphatic heterocycles. The van der Waals surface area contributed by atoms with Crippen molar-refractivity contribution in [2.24, 2.45) is 0 Å². The molecule has 0 saturated heterocycles. The molecule has 2 heterocycles. The first-order chi connectivity index (χ1) is 16.9. The first kappa shape index (κ1) is 24.8. The van der Waals surface area contributed by atoms with Crippen molar-refractivity contribution in [3.8, 4) is 17.2 Å². The molecule has 0 aromatic heterocycles. The van der Waals surface area contributed by atoms with Crippen LogP contribution in [0.15, 0.2) is 18.2 Å². The van der Waals surface area contributed by atoms with Crippen LogP contribution >= 0.6 is 0 Å². The number of carbonyl (C=O) groups is 1. The van der Waals surface area contributed by atoms with Gasteiger partial charge in [0.15, 0.2) is 23.1 Å². The van der Waals surface area contributed by atoms with Gasteiger partial charge in [-0.3, -0.25) is 10.2 Å². The van der Waals surface area contributed by atoms with Crippen molar-refractivity contribution >= 4 is 17.3 Å². The maximum absolute atomic E-state index is 15.4. The van der Waals surface area contributed by atoms with Crippen molar-refractivity contribution < 1.29 is 23.4 Å². The Morgan fingerprint density at radius 2 is 1.94 bits per heavy atom. The fourth-order valence-electron chi connectivity index (χ4n) is 4.66. The number of nitrogens with one attached hydrogen (secondary N) is 1. The highest BCUT2D eigenvalue weighted by molar-refractivity contribution is 6.06. The number of fused-ring (bicyclic) bond motifs is 2. The minimum Gasteiger partial charge on any atom is -0.490 e. The molecule has 0 fully saturated rings. The quantitative estimate of drug-likeness (QED) is 0.489. The molecule has 188 valence electrons. The monoisotopic (exact) mass is 483 g/mol. The number of ketones is 1. The zero-order chi connectivity index (χ0) is 25.1. The van der Waals surface area contributed by atoms with E-state index in [0.29, 0.717) is 30.1 Å². The van der Waals surface area contributed by atoms with E-state index in [-0.39, 0.29) is 42.6 Å². The standard InChI is InChI=1S/C27H34FN3O4/c1-5-8-9-17-12-18(13-20-25(17)35-11-10-30(20)4)21(32)16-31-15-19-14-22(33-6-2)26(34-7-3)24(28)23(19)27(31)29/h12-14,29H,5-11,15-16H2,1-4H3. The van der Waals surface area contributed by atoms with Crippen LogP contribution in [0.3, 0.4) is 0 Å². The summed E-state index contributed by atoms with van der Waals surface area (Å²) in [5.41, 5.74) is 3.33. The summed E-state index contributed by atoms with van der Waals surface area (Å²) < 4.78 is 32.4. The van der Waals surface area contributed by atoms with E-state index in [2.05, 4.69) is 11.8 Å². The first-order valence-corrected chi connectivity index (χ1v) is 12.4. The fraction of sp³-hybridized carbons (Fsp3) is 0.481. The molecule has 0 spiro atoms. The number of nitrogens with zero attached hydrogens (tertiary/aromatic N) is 2. The number of carbonyl (C=O) groups excluding carboxylic acids is 1. The number of likely N-dealkylation sites (N-methyl/N-ethyl adjacent to an activating group) is 1. The van der Waals surface area contributed by atoms with E-state index in [1.807, 2.05) is 26.1 Å². The SMILES string of the molecule is CCCCc1cc(C(=O)CN2Cc3cc(OCC)c(OCC)c(F)c3C2=N)cc2c1OCCN2C. The van der Waals surface area contributed by atoms with Gasteiger partial charge in [-0.1, -0.05) is 13.3 Å². The number of hydrogen-bond donors (Lipinski definition) is 1. The number of halogens is 1. The molecule has 0 aliphatic carbocycles. The molecule has 8 heteroatoms. The summed E-state index contributed by atoms with van der Waals surface area (Å²) in [4.78, 5) is 17.1. The van der Waals surface area contributed by atoms with E-state index in [0.717, 1.165) is 42.8 Å². The van der Waals surface area contributed by atoms with Gasteiger partial charge in [0, 0.05) is 19.2 Å². The average molecular weight is 484 g/mol. The minimum absolute atomic E-state index is 0.0144. The van der Waals surface area contributed by atoms with Gasteiger partial charge < -0.3 is 24.0 Å². The topological polar surface area (TPSA) is 75.1 Å². The number of hydrogen-bond acceptors (Lipinski definition) is 6. The molecule has 35 heavy (non-hydrogen) atoms. The van der Waals surface area contributed by atoms with E-state index >= 15 is 4.39 Å². The molecule has 2 aromatic carbocycles. The summed E-state index contributed by atoms with van der Waals surface area (Å²) in [6.45, 7) is 8.01. The second-order valence-electron chi connectivity index (χ2n) is 8.90. The number of ether oxygens (including phenoxy) is 3. The van der Waals surface area contributed by atoms with Crippen LogP contribution in [0.5, 0.6) is 17.2 Å². The molecule has 0 unspecified atom stereocenters. The summed E-state index contributed by atoms with van der Waals surface area (Å²) in [7, 11) is 2.00. The molecule has 4 rings (SSSR count). The predicted octanol–water partition coefficient (Wildman–Crippen LogP) is 4.82. The largest absolute Gasteiger partial charge is 0.490 e. The highest BCUT2D eigenvalue weighted by Crippen LogP contribution is 2.40. The van der Waals surface area contributed by atoms with E-state index in [9.17, 15) is 4.79 Å². The van der Waals surface area contributed by atoms with Crippen molar-refractivity contribution in [3.63, 3.8) is 0 Å². The van der Waals surface area contributed by atoms with Gasteiger partial charge in [-0.15, -0.1) is 0 Å². The van der Waals surface area contributed by atoms with Crippen LogP contribution in [-0.2, 0) is 13.0 Å². The molecular formula is C27H34FN3O4. The van der Waals surface area contributed by atoms with Crippen LogP contribution in [0.25, 0.3) is 0 Å². The van der Waals surface area contributed by atoms with Crippen LogP contribution in [0.4, 0.5) is 10.1 Å². The lowest BCUT2D eigenvalue weighted by atomic mass is 9.99. The maximum atomic E-state index is 15.4. The third kappa shape index (κ3) is 4.79. The third-order valence-electron chi connectivity index (χ3n) is 6.46. The Balaban J connectivity index is 1.61. The minimum atomic E-state index is -0.609. The van der Waals surface area contributed by atoms with Crippen molar-refractivity contribution in [2.75, 3.05) is 44.9 Å². The summed E-state index contributed by atoms with van der Waals surface area (Å²) >= 11 is 0. The average Bonchev–Trinajstić information content (AvgIpc) is 3.15. The van der Waals surface area contributed by atoms with E-state index in [1.165, 1.54) is 0 Å². The summed E-state index contributed by atoms with van der Waals surface area (Å²) in [6.07, 6.45) is 2.89. The number of anilines is 1. The van der Waals surface area contributed by atoms with Gasteiger partial charge in [0.2, 0.25) is 0 Å². The number of aryl methyl sites for hydroxylation is 1. The molecule has 0 bridgehead atoms. The molecule has 7 nitrogen and oxygen atoms in total. The van der Waals surface area contributed by atoms with Gasteiger partial charge in [0.05, 0.1) is 37.6 Å². The van der Waals surface area contributed by atoms with Crippen molar-refractivity contribution in [1.29, 1.82) is 5.41 Å². The van der Waals surface area contributed by atoms with Gasteiger partial charge >= 0.3 is 0 Å². The van der Waals surface area contributed by atoms with Gasteiger partial charge in [-0.2, -0.15) is 0 Å². The zero-order valence-electron chi connectivity index (χ0n) is 21.0. The zero-order valence-corrected chi connectivity index (χ0v) is 21.0. The molecule has 1 N–H and O–H groups in total. The molecule has 2 aliphatic rings. The van der Waals surface area contributed by atoms with Crippen LogP contribution in [-0.4, -0.2) is 56.5 Å². The van der Waals surface area contributed by atoms with E-state index < -0.39 is 5.82 Å². The lowest BCUT2D eigenvalue weighted by Crippen LogP contribution is -2.32. The summed E-state index contributed by atoms with van der Waals surface area (Å²) in [6, 6.07) is 5.52. The number of rotatable bonds is 10. The van der Waals surface area contributed by atoms with Crippen LogP contribution in [0.1, 0.15) is 60.7 Å². The van der Waals surface area contributed by atoms with Gasteiger partial charge in [-0.05, 0) is 56.0 Å². The lowest BCUT2D eigenvalue weighted by molar-refractivity contribution is 0.0962. The predicted molar refractivity (Wildman–Crippen MR) is 134 cm³/mol. The summed E-state index contributed by atoms with van der Waals surface area (Å²) in [5.74, 6) is 0.465. The lowest BCUT2D eigenvalue weighted by Gasteiger charge is -2.30. The van der Waals surface area contributed by atoms with Crippen LogP contribution < -0.4 is 19.1 Å². The van der Waals surface area contributed by atoms with Crippen molar-refractivity contribution in [1.82, 2.24) is 4.90 Å². The number of amidine groups is 1. The van der Waals surface area contributed by atoms with E-state index in [1.54, 1.807) is 17.9 Å².